The van der Waals surface area contributed by atoms with Crippen molar-refractivity contribution in [3.05, 3.63) is 0 Å². The Morgan fingerprint density at radius 2 is 0.776 bits per heavy atom. The van der Waals surface area contributed by atoms with E-state index in [0.717, 1.165) is 129 Å². The highest BCUT2D eigenvalue weighted by Gasteiger charge is 2.59. The summed E-state index contributed by atoms with van der Waals surface area (Å²) >= 11 is 0. The monoisotopic (exact) mass is 807 g/mol. The van der Waals surface area contributed by atoms with E-state index < -0.39 is 0 Å². The summed E-state index contributed by atoms with van der Waals surface area (Å²) in [5, 5.41) is 34.1. The highest BCUT2D eigenvalue weighted by molar-refractivity contribution is 5.84. The number of carbonyl (C=O) groups excluding carboxylic acids is 4. The molecule has 12 aliphatic rings. The zero-order valence-electron chi connectivity index (χ0n) is 35.1. The molecule has 6 atom stereocenters. The van der Waals surface area contributed by atoms with Crippen molar-refractivity contribution in [2.75, 3.05) is 26.2 Å². The molecule has 0 radical (unpaired) electrons. The van der Waals surface area contributed by atoms with Gasteiger partial charge in [-0.25, -0.2) is 9.59 Å². The van der Waals surface area contributed by atoms with Gasteiger partial charge in [0.15, 0.2) is 0 Å². The fraction of sp³-hybridized carbons (Fsp3) is 0.913. The third-order valence-corrected chi connectivity index (χ3v) is 17.4. The molecule has 2 aliphatic heterocycles. The summed E-state index contributed by atoms with van der Waals surface area (Å²) in [6, 6.07) is 0.870. The molecule has 0 aromatic carbocycles. The zero-order valence-corrected chi connectivity index (χ0v) is 35.1. The first-order valence-corrected chi connectivity index (χ1v) is 24.1. The van der Waals surface area contributed by atoms with Crippen LogP contribution < -0.4 is 21.3 Å². The number of rotatable bonds is 6. The second kappa shape index (κ2) is 17.0. The maximum atomic E-state index is 13.4. The maximum Gasteiger partial charge on any atom is 0.317 e. The lowest BCUT2D eigenvalue weighted by Gasteiger charge is -2.58. The molecule has 0 spiro atoms. The van der Waals surface area contributed by atoms with E-state index in [1.165, 1.54) is 38.5 Å². The van der Waals surface area contributed by atoms with Crippen LogP contribution in [0.15, 0.2) is 0 Å². The van der Waals surface area contributed by atoms with Crippen molar-refractivity contribution >= 4 is 23.9 Å². The van der Waals surface area contributed by atoms with Crippen molar-refractivity contribution in [2.45, 2.75) is 190 Å². The molecule has 12 fully saturated rings. The molecule has 58 heavy (non-hydrogen) atoms. The van der Waals surface area contributed by atoms with Crippen molar-refractivity contribution < 1.29 is 29.4 Å². The Bertz CT molecular complexity index is 1370. The summed E-state index contributed by atoms with van der Waals surface area (Å²) in [6.07, 6.45) is 25.0. The fourth-order valence-electron chi connectivity index (χ4n) is 14.8. The SMILES string of the molecule is O=C(NC1CCCCC1)N1CCC[C@H](NC(=O)C23CC4CC(C2)C(O)C(C4)C3)C1.O=C(NC1CCCCC1)N1CCC[C@H](NC(=O)C23CC4CC(C2)C(O)C(C4)C3)C1. The second-order valence-electron chi connectivity index (χ2n) is 21.6. The molecular weight excluding hydrogens is 733 g/mol. The third kappa shape index (κ3) is 8.49. The van der Waals surface area contributed by atoms with Crippen LogP contribution >= 0.6 is 0 Å². The summed E-state index contributed by atoms with van der Waals surface area (Å²) in [5.74, 6) is 2.89. The van der Waals surface area contributed by atoms with Gasteiger partial charge in [0.2, 0.25) is 11.8 Å². The molecule has 6 amide bonds. The molecule has 12 nitrogen and oxygen atoms in total. The molecule has 10 saturated carbocycles. The summed E-state index contributed by atoms with van der Waals surface area (Å²) in [6.45, 7) is 2.82. The quantitative estimate of drug-likeness (QED) is 0.205. The van der Waals surface area contributed by atoms with E-state index in [1.807, 2.05) is 9.80 Å². The third-order valence-electron chi connectivity index (χ3n) is 17.4. The lowest BCUT2D eigenvalue weighted by atomic mass is 9.48. The smallest absolute Gasteiger partial charge is 0.317 e. The molecule has 2 heterocycles. The van der Waals surface area contributed by atoms with Crippen LogP contribution in [0, 0.1) is 46.3 Å². The van der Waals surface area contributed by atoms with Crippen LogP contribution in [0.2, 0.25) is 0 Å². The minimum absolute atomic E-state index is 0.0498. The van der Waals surface area contributed by atoms with Gasteiger partial charge in [0.05, 0.1) is 23.0 Å². The van der Waals surface area contributed by atoms with Crippen LogP contribution in [0.5, 0.6) is 0 Å². The largest absolute Gasteiger partial charge is 0.393 e. The average molecular weight is 807 g/mol. The summed E-state index contributed by atoms with van der Waals surface area (Å²) in [5.41, 5.74) is -0.523. The van der Waals surface area contributed by atoms with Gasteiger partial charge in [-0.2, -0.15) is 0 Å². The van der Waals surface area contributed by atoms with Gasteiger partial charge < -0.3 is 41.3 Å². The molecule has 4 unspecified atom stereocenters. The van der Waals surface area contributed by atoms with Crippen molar-refractivity contribution in [3.63, 3.8) is 0 Å². The van der Waals surface area contributed by atoms with E-state index in [1.54, 1.807) is 0 Å². The van der Waals surface area contributed by atoms with Crippen LogP contribution in [-0.2, 0) is 9.59 Å². The Morgan fingerprint density at radius 3 is 1.14 bits per heavy atom. The highest BCUT2D eigenvalue weighted by Crippen LogP contribution is 2.61. The number of hydrogen-bond donors (Lipinski definition) is 6. The first-order valence-electron chi connectivity index (χ1n) is 24.1. The maximum absolute atomic E-state index is 13.4. The van der Waals surface area contributed by atoms with Crippen molar-refractivity contribution in [2.24, 2.45) is 46.3 Å². The molecule has 12 heteroatoms. The van der Waals surface area contributed by atoms with Crippen molar-refractivity contribution in [3.8, 4) is 0 Å². The number of likely N-dealkylation sites (tertiary alicyclic amines) is 2. The number of aliphatic hydroxyl groups is 2. The number of hydrogen-bond acceptors (Lipinski definition) is 6. The minimum Gasteiger partial charge on any atom is -0.393 e. The molecule has 12 rings (SSSR count). The first kappa shape index (κ1) is 40.8. The van der Waals surface area contributed by atoms with Gasteiger partial charge in [0.25, 0.3) is 0 Å². The molecular formula is C46H74N6O6. The Balaban J connectivity index is 0.000000150. The van der Waals surface area contributed by atoms with E-state index in [4.69, 9.17) is 0 Å². The number of nitrogens with one attached hydrogen (secondary N) is 4. The molecule has 6 N–H and O–H groups in total. The van der Waals surface area contributed by atoms with E-state index in [9.17, 15) is 29.4 Å². The van der Waals surface area contributed by atoms with Gasteiger partial charge in [0, 0.05) is 50.3 Å². The molecule has 10 aliphatic carbocycles. The van der Waals surface area contributed by atoms with Crippen LogP contribution in [0.4, 0.5) is 9.59 Å². The van der Waals surface area contributed by atoms with Crippen molar-refractivity contribution in [1.29, 1.82) is 0 Å². The van der Waals surface area contributed by atoms with Crippen molar-refractivity contribution in [1.82, 2.24) is 31.1 Å². The van der Waals surface area contributed by atoms with E-state index in [2.05, 4.69) is 21.3 Å². The van der Waals surface area contributed by atoms with Crippen LogP contribution in [0.3, 0.4) is 0 Å². The fourth-order valence-corrected chi connectivity index (χ4v) is 14.8. The minimum atomic E-state index is -0.262. The Morgan fingerprint density at radius 1 is 0.431 bits per heavy atom. The van der Waals surface area contributed by atoms with E-state index in [-0.39, 0.29) is 59.0 Å². The molecule has 8 bridgehead atoms. The molecule has 2 saturated heterocycles. The number of nitrogens with zero attached hydrogens (tertiary/aromatic N) is 2. The molecule has 0 aromatic rings. The molecule has 324 valence electrons. The Hall–Kier alpha value is -2.60. The molecule has 0 aromatic heterocycles. The number of amides is 6. The highest BCUT2D eigenvalue weighted by atomic mass is 16.3. The standard InChI is InChI=1S/2C23H37N3O3/c2*27-20-16-9-15-10-17(20)13-23(11-15,12-16)21(28)24-19-7-4-8-26(14-19)22(29)25-18-5-2-1-3-6-18/h2*15-20,27H,1-14H2,(H,24,28)(H,25,29)/t2*15?,16?,17?,19-,20?,23?/m00/s1. The second-order valence-corrected chi connectivity index (χ2v) is 21.6. The average Bonchev–Trinajstić information content (AvgIpc) is 3.22. The van der Waals surface area contributed by atoms with E-state index >= 15 is 0 Å². The van der Waals surface area contributed by atoms with E-state index in [0.29, 0.717) is 60.7 Å². The summed E-state index contributed by atoms with van der Waals surface area (Å²) in [7, 11) is 0. The predicted molar refractivity (Wildman–Crippen MR) is 220 cm³/mol. The number of urea groups is 2. The number of carbonyl (C=O) groups is 4. The zero-order chi connectivity index (χ0) is 40.0. The lowest BCUT2D eigenvalue weighted by molar-refractivity contribution is -0.164. The van der Waals surface area contributed by atoms with Gasteiger partial charge in [-0.3, -0.25) is 9.59 Å². The summed E-state index contributed by atoms with van der Waals surface area (Å²) in [4.78, 5) is 56.0. The lowest BCUT2D eigenvalue weighted by Crippen LogP contribution is -2.61. The Labute approximate surface area is 346 Å². The van der Waals surface area contributed by atoms with Gasteiger partial charge >= 0.3 is 12.1 Å². The van der Waals surface area contributed by atoms with Crippen LogP contribution in [0.25, 0.3) is 0 Å². The number of piperidine rings is 2. The van der Waals surface area contributed by atoms with Gasteiger partial charge in [-0.05, 0) is 151 Å². The first-order chi connectivity index (χ1) is 28.0. The normalized spacial score (nSPS) is 42.0. The van der Waals surface area contributed by atoms with Gasteiger partial charge in [-0.1, -0.05) is 38.5 Å². The van der Waals surface area contributed by atoms with Gasteiger partial charge in [-0.15, -0.1) is 0 Å². The number of aliphatic hydroxyl groups excluding tert-OH is 2. The summed E-state index contributed by atoms with van der Waals surface area (Å²) < 4.78 is 0. The van der Waals surface area contributed by atoms with Gasteiger partial charge in [0.1, 0.15) is 0 Å². The Kier molecular flexibility index (Phi) is 12.0. The van der Waals surface area contributed by atoms with Crippen LogP contribution in [0.1, 0.15) is 154 Å². The predicted octanol–water partition coefficient (Wildman–Crippen LogP) is 5.59. The topological polar surface area (TPSA) is 163 Å². The van der Waals surface area contributed by atoms with Crippen LogP contribution in [-0.4, -0.2) is 106 Å².